The van der Waals surface area contributed by atoms with Crippen LogP contribution in [0.5, 0.6) is 5.75 Å². The van der Waals surface area contributed by atoms with E-state index >= 15 is 0 Å². The van der Waals surface area contributed by atoms with Crippen molar-refractivity contribution in [2.45, 2.75) is 6.67 Å². The van der Waals surface area contributed by atoms with E-state index < -0.39 is 0 Å². The zero-order chi connectivity index (χ0) is 13.2. The van der Waals surface area contributed by atoms with Crippen LogP contribution in [0.1, 0.15) is 0 Å². The molecule has 0 bridgehead atoms. The molecule has 2 aromatic rings. The molecule has 0 atom stereocenters. The lowest BCUT2D eigenvalue weighted by molar-refractivity contribution is 0.193. The van der Waals surface area contributed by atoms with Crippen LogP contribution in [-0.2, 0) is 6.67 Å². The van der Waals surface area contributed by atoms with Crippen LogP contribution in [0.25, 0.3) is 11.0 Å². The number of imidazole rings is 1. The Labute approximate surface area is 111 Å². The number of nitrogens with zero attached hydrogens (tertiary/aromatic N) is 2. The standard InChI is InChI=1S/C13H18N4O2/c1-19-10-2-3-12-11(8-10)15-13(18)17(12)9-16-6-4-14-5-7-16/h2-3,8,14H,4-7,9H2,1H3,(H,15,18). The highest BCUT2D eigenvalue weighted by Crippen LogP contribution is 2.18. The first kappa shape index (κ1) is 12.3. The van der Waals surface area contributed by atoms with Crippen molar-refractivity contribution in [3.05, 3.63) is 28.7 Å². The predicted molar refractivity (Wildman–Crippen MR) is 73.6 cm³/mol. The minimum absolute atomic E-state index is 0.0678. The molecule has 3 rings (SSSR count). The number of benzene rings is 1. The molecule has 1 aliphatic rings. The molecule has 1 saturated heterocycles. The second kappa shape index (κ2) is 5.07. The first-order chi connectivity index (χ1) is 9.28. The van der Waals surface area contributed by atoms with Crippen molar-refractivity contribution in [2.24, 2.45) is 0 Å². The molecule has 2 heterocycles. The van der Waals surface area contributed by atoms with E-state index in [1.807, 2.05) is 18.2 Å². The summed E-state index contributed by atoms with van der Waals surface area (Å²) in [4.78, 5) is 17.2. The van der Waals surface area contributed by atoms with Crippen LogP contribution in [0.3, 0.4) is 0 Å². The molecule has 0 saturated carbocycles. The van der Waals surface area contributed by atoms with Crippen molar-refractivity contribution in [1.82, 2.24) is 19.8 Å². The maximum atomic E-state index is 12.0. The summed E-state index contributed by atoms with van der Waals surface area (Å²) in [7, 11) is 1.62. The zero-order valence-electron chi connectivity index (χ0n) is 11.0. The van der Waals surface area contributed by atoms with Crippen molar-refractivity contribution in [2.75, 3.05) is 33.3 Å². The Morgan fingerprint density at radius 3 is 2.84 bits per heavy atom. The van der Waals surface area contributed by atoms with E-state index in [0.29, 0.717) is 6.67 Å². The lowest BCUT2D eigenvalue weighted by Crippen LogP contribution is -2.45. The van der Waals surface area contributed by atoms with Gasteiger partial charge in [-0.05, 0) is 12.1 Å². The molecule has 19 heavy (non-hydrogen) atoms. The molecule has 1 aromatic heterocycles. The van der Waals surface area contributed by atoms with Gasteiger partial charge < -0.3 is 15.0 Å². The second-order valence-corrected chi connectivity index (χ2v) is 4.75. The van der Waals surface area contributed by atoms with Gasteiger partial charge in [-0.15, -0.1) is 0 Å². The van der Waals surface area contributed by atoms with E-state index in [9.17, 15) is 4.79 Å². The highest BCUT2D eigenvalue weighted by molar-refractivity contribution is 5.76. The summed E-state index contributed by atoms with van der Waals surface area (Å²) in [5.41, 5.74) is 1.67. The number of piperazine rings is 1. The number of aromatic nitrogens is 2. The van der Waals surface area contributed by atoms with E-state index in [-0.39, 0.29) is 5.69 Å². The Morgan fingerprint density at radius 2 is 2.11 bits per heavy atom. The molecule has 0 radical (unpaired) electrons. The van der Waals surface area contributed by atoms with Gasteiger partial charge in [-0.1, -0.05) is 0 Å². The molecular formula is C13H18N4O2. The maximum Gasteiger partial charge on any atom is 0.327 e. The molecule has 6 nitrogen and oxygen atoms in total. The second-order valence-electron chi connectivity index (χ2n) is 4.75. The summed E-state index contributed by atoms with van der Waals surface area (Å²) in [6.45, 7) is 4.52. The number of rotatable bonds is 3. The van der Waals surface area contributed by atoms with Crippen LogP contribution in [-0.4, -0.2) is 47.7 Å². The number of ether oxygens (including phenoxy) is 1. The lowest BCUT2D eigenvalue weighted by Gasteiger charge is -2.27. The smallest absolute Gasteiger partial charge is 0.327 e. The van der Waals surface area contributed by atoms with Gasteiger partial charge in [0.05, 0.1) is 24.8 Å². The van der Waals surface area contributed by atoms with Gasteiger partial charge in [-0.25, -0.2) is 4.79 Å². The Kier molecular flexibility index (Phi) is 3.27. The van der Waals surface area contributed by atoms with Gasteiger partial charge in [0.2, 0.25) is 0 Å². The number of nitrogens with one attached hydrogen (secondary N) is 2. The van der Waals surface area contributed by atoms with Crippen LogP contribution in [0, 0.1) is 0 Å². The zero-order valence-corrected chi connectivity index (χ0v) is 11.0. The van der Waals surface area contributed by atoms with Crippen LogP contribution in [0.15, 0.2) is 23.0 Å². The summed E-state index contributed by atoms with van der Waals surface area (Å²) in [5, 5.41) is 3.31. The van der Waals surface area contributed by atoms with Gasteiger partial charge in [0, 0.05) is 32.2 Å². The Hall–Kier alpha value is -1.79. The number of H-pyrrole nitrogens is 1. The largest absolute Gasteiger partial charge is 0.497 e. The molecule has 0 amide bonds. The number of hydrogen-bond donors (Lipinski definition) is 2. The van der Waals surface area contributed by atoms with E-state index in [1.54, 1.807) is 11.7 Å². The lowest BCUT2D eigenvalue weighted by atomic mass is 10.3. The number of methoxy groups -OCH3 is 1. The molecule has 1 aliphatic heterocycles. The highest BCUT2D eigenvalue weighted by Gasteiger charge is 2.13. The maximum absolute atomic E-state index is 12.0. The van der Waals surface area contributed by atoms with Gasteiger partial charge in [0.15, 0.2) is 0 Å². The van der Waals surface area contributed by atoms with Crippen molar-refractivity contribution < 1.29 is 4.74 Å². The summed E-state index contributed by atoms with van der Waals surface area (Å²) in [6.07, 6.45) is 0. The van der Waals surface area contributed by atoms with Gasteiger partial charge >= 0.3 is 5.69 Å². The van der Waals surface area contributed by atoms with E-state index in [1.165, 1.54) is 0 Å². The van der Waals surface area contributed by atoms with Gasteiger partial charge in [0.25, 0.3) is 0 Å². The third-order valence-corrected chi connectivity index (χ3v) is 3.53. The first-order valence-electron chi connectivity index (χ1n) is 6.47. The van der Waals surface area contributed by atoms with E-state index in [4.69, 9.17) is 4.74 Å². The molecule has 6 heteroatoms. The molecule has 1 aromatic carbocycles. The fourth-order valence-corrected chi connectivity index (χ4v) is 2.46. The van der Waals surface area contributed by atoms with E-state index in [2.05, 4.69) is 15.2 Å². The SMILES string of the molecule is COc1ccc2c(c1)[nH]c(=O)n2CN1CCNCC1. The van der Waals surface area contributed by atoms with Crippen LogP contribution in [0.2, 0.25) is 0 Å². The van der Waals surface area contributed by atoms with Crippen LogP contribution >= 0.6 is 0 Å². The van der Waals surface area contributed by atoms with Crippen molar-refractivity contribution in [3.8, 4) is 5.75 Å². The summed E-state index contributed by atoms with van der Waals surface area (Å²) in [6, 6.07) is 5.66. The van der Waals surface area contributed by atoms with Crippen molar-refractivity contribution >= 4 is 11.0 Å². The molecule has 1 fully saturated rings. The van der Waals surface area contributed by atoms with Crippen molar-refractivity contribution in [3.63, 3.8) is 0 Å². The third kappa shape index (κ3) is 2.36. The molecular weight excluding hydrogens is 244 g/mol. The van der Waals surface area contributed by atoms with Crippen LogP contribution < -0.4 is 15.7 Å². The first-order valence-corrected chi connectivity index (χ1v) is 6.47. The molecule has 0 spiro atoms. The monoisotopic (exact) mass is 262 g/mol. The summed E-state index contributed by atoms with van der Waals surface area (Å²) >= 11 is 0. The average molecular weight is 262 g/mol. The molecule has 0 unspecified atom stereocenters. The Morgan fingerprint density at radius 1 is 1.32 bits per heavy atom. The quantitative estimate of drug-likeness (QED) is 0.829. The topological polar surface area (TPSA) is 62.3 Å². The molecule has 0 aliphatic carbocycles. The minimum Gasteiger partial charge on any atom is -0.497 e. The van der Waals surface area contributed by atoms with Gasteiger partial charge in [0.1, 0.15) is 5.75 Å². The normalized spacial score (nSPS) is 16.9. The van der Waals surface area contributed by atoms with Crippen LogP contribution in [0.4, 0.5) is 0 Å². The fraction of sp³-hybridized carbons (Fsp3) is 0.462. The molecule has 102 valence electrons. The fourth-order valence-electron chi connectivity index (χ4n) is 2.46. The molecule has 2 N–H and O–H groups in total. The highest BCUT2D eigenvalue weighted by atomic mass is 16.5. The average Bonchev–Trinajstić information content (AvgIpc) is 2.75. The number of aromatic amines is 1. The summed E-state index contributed by atoms with van der Waals surface area (Å²) in [5.74, 6) is 0.753. The Balaban J connectivity index is 1.93. The van der Waals surface area contributed by atoms with Crippen molar-refractivity contribution in [1.29, 1.82) is 0 Å². The number of fused-ring (bicyclic) bond motifs is 1. The van der Waals surface area contributed by atoms with Gasteiger partial charge in [-0.3, -0.25) is 9.47 Å². The Bertz CT molecular complexity index is 625. The summed E-state index contributed by atoms with van der Waals surface area (Å²) < 4.78 is 6.95. The minimum atomic E-state index is -0.0678. The number of hydrogen-bond acceptors (Lipinski definition) is 4. The third-order valence-electron chi connectivity index (χ3n) is 3.53. The van der Waals surface area contributed by atoms with Gasteiger partial charge in [-0.2, -0.15) is 0 Å². The predicted octanol–water partition coefficient (Wildman–Crippen LogP) is 0.201. The van der Waals surface area contributed by atoms with E-state index in [0.717, 1.165) is 43.0 Å².